The number of imide groups is 1. The molecular formula is C46H57F2N13O5. The Morgan fingerprint density at radius 1 is 0.894 bits per heavy atom. The van der Waals surface area contributed by atoms with Gasteiger partial charge in [0.1, 0.15) is 35.3 Å². The smallest absolute Gasteiger partial charge is 0.409 e. The van der Waals surface area contributed by atoms with Gasteiger partial charge < -0.3 is 30.1 Å². The Hall–Kier alpha value is -6.31. The van der Waals surface area contributed by atoms with Crippen molar-refractivity contribution in [2.45, 2.75) is 108 Å². The number of hydrogen-bond donors (Lipinski definition) is 3. The monoisotopic (exact) mass is 909 g/mol. The summed E-state index contributed by atoms with van der Waals surface area (Å²) in [7, 11) is 0. The van der Waals surface area contributed by atoms with Gasteiger partial charge in [0, 0.05) is 69.7 Å². The number of carbonyl (C=O) groups is 3. The van der Waals surface area contributed by atoms with E-state index in [9.17, 15) is 14.4 Å². The largest absolute Gasteiger partial charge is 0.449 e. The zero-order chi connectivity index (χ0) is 46.1. The Balaban J connectivity index is 0.693. The molecule has 3 aliphatic heterocycles. The number of benzene rings is 1. The van der Waals surface area contributed by atoms with Crippen molar-refractivity contribution in [1.29, 1.82) is 0 Å². The van der Waals surface area contributed by atoms with Gasteiger partial charge in [0.15, 0.2) is 28.9 Å². The lowest BCUT2D eigenvalue weighted by molar-refractivity contribution is -0.133. The number of rotatable bonds is 14. The number of hydrogen-bond acceptors (Lipinski definition) is 15. The second kappa shape index (κ2) is 18.9. The number of piperazine rings is 1. The highest BCUT2D eigenvalue weighted by atomic mass is 19.1. The lowest BCUT2D eigenvalue weighted by Gasteiger charge is -2.36. The minimum Gasteiger partial charge on any atom is -0.449 e. The van der Waals surface area contributed by atoms with Crippen molar-refractivity contribution < 1.29 is 32.4 Å². The molecule has 1 atom stereocenters. The van der Waals surface area contributed by atoms with Crippen LogP contribution in [0.25, 0.3) is 33.8 Å². The van der Waals surface area contributed by atoms with Gasteiger partial charge in [0.25, 0.3) is 0 Å². The molecule has 4 fully saturated rings. The summed E-state index contributed by atoms with van der Waals surface area (Å²) in [5, 5.41) is 15.1. The van der Waals surface area contributed by atoms with Crippen LogP contribution in [0.5, 0.6) is 0 Å². The second-order valence-electron chi connectivity index (χ2n) is 18.8. The van der Waals surface area contributed by atoms with Crippen LogP contribution in [0.2, 0.25) is 0 Å². The van der Waals surface area contributed by atoms with Gasteiger partial charge >= 0.3 is 6.09 Å². The SMILES string of the molecule is CC(C)(C)n1nc(-c2noc(C3CC3)c2-c2ncc(C3CCN(C(=O)OCCCCCCN4CCN(c5c(F)cc(N[C@H]6CCC(=O)NC6=O)cc5F)CC4)CC3)cn2)c2c(N)ncnc21. The molecule has 66 heavy (non-hydrogen) atoms. The number of ether oxygens (including phenoxy) is 1. The first-order valence-electron chi connectivity index (χ1n) is 23.1. The summed E-state index contributed by atoms with van der Waals surface area (Å²) in [5.74, 6) is -0.253. The van der Waals surface area contributed by atoms with Gasteiger partial charge in [0.05, 0.1) is 23.1 Å². The lowest BCUT2D eigenvalue weighted by atomic mass is 9.91. The second-order valence-corrected chi connectivity index (χ2v) is 18.8. The van der Waals surface area contributed by atoms with Gasteiger partial charge in [-0.25, -0.2) is 38.2 Å². The molecule has 0 radical (unpaired) electrons. The standard InChI is InChI=1S/C46H57F2N13O5/c1-46(2,3)61-43-36(41(49)52-26-53-43)37(56-61)38-35(40(66-57-38)28-8-9-28)42-50-24-29(25-51-42)27-12-15-60(16-13-27)45(64)65-21-7-5-4-6-14-58-17-19-59(20-18-58)39-31(47)22-30(23-32(39)48)54-33-10-11-34(62)55-44(33)63/h22-28,33,54H,4-21H2,1-3H3,(H2,49,52,53)(H,55,62,63)/t33-/m0/s1. The van der Waals surface area contributed by atoms with E-state index in [2.05, 4.69) is 30.7 Å². The van der Waals surface area contributed by atoms with Crippen molar-refractivity contribution in [3.05, 3.63) is 53.8 Å². The van der Waals surface area contributed by atoms with Crippen LogP contribution in [0, 0.1) is 11.6 Å². The number of fused-ring (bicyclic) bond motifs is 1. The molecule has 18 nitrogen and oxygen atoms in total. The third kappa shape index (κ3) is 9.64. The Morgan fingerprint density at radius 3 is 2.29 bits per heavy atom. The number of nitrogens with two attached hydrogens (primary N) is 1. The van der Waals surface area contributed by atoms with Crippen molar-refractivity contribution in [2.24, 2.45) is 0 Å². The molecular weight excluding hydrogens is 853 g/mol. The third-order valence-corrected chi connectivity index (χ3v) is 13.0. The fourth-order valence-corrected chi connectivity index (χ4v) is 9.21. The average Bonchev–Trinajstić information content (AvgIpc) is 3.91. The number of likely N-dealkylation sites (tertiary alicyclic amines) is 1. The molecule has 1 aromatic carbocycles. The maximum atomic E-state index is 15.1. The van der Waals surface area contributed by atoms with E-state index >= 15 is 8.78 Å². The Kier molecular flexibility index (Phi) is 12.8. The lowest BCUT2D eigenvalue weighted by Crippen LogP contribution is -2.47. The van der Waals surface area contributed by atoms with Crippen LogP contribution in [0.1, 0.15) is 108 Å². The number of nitrogens with one attached hydrogen (secondary N) is 2. The van der Waals surface area contributed by atoms with E-state index in [4.69, 9.17) is 30.1 Å². The highest BCUT2D eigenvalue weighted by Crippen LogP contribution is 2.48. The van der Waals surface area contributed by atoms with Crippen LogP contribution in [0.4, 0.5) is 30.8 Å². The molecule has 1 aliphatic carbocycles. The quantitative estimate of drug-likeness (QED) is 0.0818. The summed E-state index contributed by atoms with van der Waals surface area (Å²) < 4.78 is 43.7. The van der Waals surface area contributed by atoms with Crippen molar-refractivity contribution in [2.75, 3.05) is 68.4 Å². The van der Waals surface area contributed by atoms with E-state index in [1.807, 2.05) is 37.8 Å². The summed E-state index contributed by atoms with van der Waals surface area (Å²) in [5.41, 5.74) is 9.49. The molecule has 4 aromatic heterocycles. The Bertz CT molecular complexity index is 2550. The van der Waals surface area contributed by atoms with Crippen molar-refractivity contribution in [1.82, 2.24) is 50.0 Å². The summed E-state index contributed by atoms with van der Waals surface area (Å²) in [6.45, 7) is 10.9. The van der Waals surface area contributed by atoms with Gasteiger partial charge in [-0.1, -0.05) is 18.0 Å². The van der Waals surface area contributed by atoms with Crippen LogP contribution in [0.15, 0.2) is 35.4 Å². The van der Waals surface area contributed by atoms with Crippen molar-refractivity contribution in [3.63, 3.8) is 0 Å². The normalized spacial score (nSPS) is 18.8. The van der Waals surface area contributed by atoms with Gasteiger partial charge in [-0.3, -0.25) is 19.8 Å². The fraction of sp³-hybridized carbons (Fsp3) is 0.543. The number of nitrogen functional groups attached to an aromatic ring is 1. The van der Waals surface area contributed by atoms with E-state index < -0.39 is 23.6 Å². The zero-order valence-corrected chi connectivity index (χ0v) is 37.7. The van der Waals surface area contributed by atoms with E-state index in [1.54, 1.807) is 9.80 Å². The predicted molar refractivity (Wildman–Crippen MR) is 241 cm³/mol. The van der Waals surface area contributed by atoms with Crippen molar-refractivity contribution >= 4 is 46.1 Å². The summed E-state index contributed by atoms with van der Waals surface area (Å²) >= 11 is 0. The topological polar surface area (TPSA) is 216 Å². The first kappa shape index (κ1) is 44.9. The molecule has 9 rings (SSSR count). The van der Waals surface area contributed by atoms with E-state index in [0.29, 0.717) is 85.5 Å². The molecule has 0 unspecified atom stereocenters. The maximum absolute atomic E-state index is 15.1. The Morgan fingerprint density at radius 2 is 1.61 bits per heavy atom. The van der Waals surface area contributed by atoms with E-state index in [-0.39, 0.29) is 53.6 Å². The number of piperidine rings is 2. The summed E-state index contributed by atoms with van der Waals surface area (Å²) in [6.07, 6.45) is 12.5. The number of aromatic nitrogens is 7. The van der Waals surface area contributed by atoms with Gasteiger partial charge in [-0.05, 0) is 95.9 Å². The van der Waals surface area contributed by atoms with Crippen LogP contribution >= 0.6 is 0 Å². The first-order chi connectivity index (χ1) is 31.8. The van der Waals surface area contributed by atoms with E-state index in [0.717, 1.165) is 69.2 Å². The molecule has 4 aliphatic rings. The average molecular weight is 910 g/mol. The molecule has 7 heterocycles. The predicted octanol–water partition coefficient (Wildman–Crippen LogP) is 6.35. The molecule has 0 bridgehead atoms. The molecule has 20 heteroatoms. The van der Waals surface area contributed by atoms with E-state index in [1.165, 1.54) is 18.5 Å². The minimum atomic E-state index is -0.726. The van der Waals surface area contributed by atoms with Crippen LogP contribution in [0.3, 0.4) is 0 Å². The number of halogens is 2. The van der Waals surface area contributed by atoms with Gasteiger partial charge in [-0.15, -0.1) is 0 Å². The molecule has 350 valence electrons. The minimum absolute atomic E-state index is 0.0668. The first-order valence-corrected chi connectivity index (χ1v) is 23.1. The molecule has 3 amide bonds. The molecule has 0 spiro atoms. The fourth-order valence-electron chi connectivity index (χ4n) is 9.21. The number of nitrogens with zero attached hydrogens (tertiary/aromatic N) is 10. The molecule has 5 aromatic rings. The Labute approximate surface area is 381 Å². The zero-order valence-electron chi connectivity index (χ0n) is 37.7. The molecule has 3 saturated heterocycles. The van der Waals surface area contributed by atoms with Crippen LogP contribution in [-0.2, 0) is 19.9 Å². The number of unbranched alkanes of at least 4 members (excludes halogenated alkanes) is 3. The number of carbonyl (C=O) groups excluding carboxylic acids is 3. The highest BCUT2D eigenvalue weighted by molar-refractivity contribution is 6.02. The van der Waals surface area contributed by atoms with Gasteiger partial charge in [-0.2, -0.15) is 5.10 Å². The van der Waals surface area contributed by atoms with Gasteiger partial charge in [0.2, 0.25) is 11.8 Å². The van der Waals surface area contributed by atoms with Crippen molar-refractivity contribution in [3.8, 4) is 22.8 Å². The summed E-state index contributed by atoms with van der Waals surface area (Å²) in [6, 6.07) is 1.68. The third-order valence-electron chi connectivity index (χ3n) is 13.0. The molecule has 1 saturated carbocycles. The van der Waals surface area contributed by atoms with Crippen LogP contribution in [-0.4, -0.2) is 121 Å². The maximum Gasteiger partial charge on any atom is 0.409 e. The number of amides is 3. The summed E-state index contributed by atoms with van der Waals surface area (Å²) in [4.78, 5) is 60.7. The highest BCUT2D eigenvalue weighted by Gasteiger charge is 2.37. The number of anilines is 3. The molecule has 4 N–H and O–H groups in total. The van der Waals surface area contributed by atoms with Crippen LogP contribution < -0.4 is 21.3 Å².